The molecule has 1 aromatic carbocycles. The van der Waals surface area contributed by atoms with E-state index in [0.717, 1.165) is 37.9 Å². The van der Waals surface area contributed by atoms with E-state index < -0.39 is 0 Å². The first-order valence-electron chi connectivity index (χ1n) is 8.48. The Hall–Kier alpha value is -0.520. The highest BCUT2D eigenvalue weighted by Gasteiger charge is 2.45. The summed E-state index contributed by atoms with van der Waals surface area (Å²) in [5.74, 6) is 0.301. The minimum Gasteiger partial charge on any atom is -0.384 e. The predicted octanol–water partition coefficient (Wildman–Crippen LogP) is 3.65. The molecule has 2 fully saturated rings. The number of methoxy groups -OCH3 is 1. The van der Waals surface area contributed by atoms with Crippen molar-refractivity contribution < 1.29 is 9.53 Å². The Labute approximate surface area is 165 Å². The molecule has 2 aliphatic rings. The Morgan fingerprint density at radius 1 is 1.36 bits per heavy atom. The van der Waals surface area contributed by atoms with Crippen LogP contribution in [0.4, 0.5) is 0 Å². The molecule has 7 heteroatoms. The molecule has 0 aromatic heterocycles. The van der Waals surface area contributed by atoms with E-state index >= 15 is 0 Å². The van der Waals surface area contributed by atoms with E-state index in [1.165, 1.54) is 0 Å². The Morgan fingerprint density at radius 2 is 2.08 bits per heavy atom. The highest BCUT2D eigenvalue weighted by molar-refractivity contribution is 6.42. The molecular weight excluding hydrogens is 383 g/mol. The quantitative estimate of drug-likeness (QED) is 0.757. The first-order chi connectivity index (χ1) is 11.6. The average molecular weight is 408 g/mol. The largest absolute Gasteiger partial charge is 0.384 e. The molecule has 25 heavy (non-hydrogen) atoms. The molecule has 1 heterocycles. The second-order valence-corrected chi connectivity index (χ2v) is 7.78. The Balaban J connectivity index is 0.00000225. The maximum Gasteiger partial charge on any atom is 0.223 e. The molecule has 0 radical (unpaired) electrons. The molecular formula is C18H25Cl3N2O2. The van der Waals surface area contributed by atoms with Crippen molar-refractivity contribution in [3.63, 3.8) is 0 Å². The van der Waals surface area contributed by atoms with E-state index in [4.69, 9.17) is 27.9 Å². The second kappa shape index (κ2) is 8.92. The minimum atomic E-state index is 0. The summed E-state index contributed by atoms with van der Waals surface area (Å²) in [5.41, 5.74) is 1.03. The maximum atomic E-state index is 12.5. The van der Waals surface area contributed by atoms with Gasteiger partial charge < -0.3 is 15.4 Å². The first kappa shape index (κ1) is 20.8. The van der Waals surface area contributed by atoms with E-state index in [2.05, 4.69) is 10.6 Å². The van der Waals surface area contributed by atoms with Gasteiger partial charge in [0.2, 0.25) is 5.91 Å². The number of halogens is 3. The molecule has 3 rings (SSSR count). The number of piperidine rings is 1. The zero-order chi connectivity index (χ0) is 17.2. The van der Waals surface area contributed by atoms with Crippen LogP contribution in [0.3, 0.4) is 0 Å². The lowest BCUT2D eigenvalue weighted by molar-refractivity contribution is -0.123. The van der Waals surface area contributed by atoms with Crippen LogP contribution in [0, 0.1) is 11.3 Å². The summed E-state index contributed by atoms with van der Waals surface area (Å²) in [5, 5.41) is 7.64. The van der Waals surface area contributed by atoms with Crippen molar-refractivity contribution in [1.82, 2.24) is 10.6 Å². The second-order valence-electron chi connectivity index (χ2n) is 6.99. The SMILES string of the molecule is COCC1(CNC(=O)C2CC2c2cccc(Cl)c2Cl)CCNCC1.Cl. The normalized spacial score (nSPS) is 24.3. The molecule has 140 valence electrons. The number of hydrogen-bond donors (Lipinski definition) is 2. The molecule has 2 atom stereocenters. The molecule has 1 aliphatic heterocycles. The maximum absolute atomic E-state index is 12.5. The Morgan fingerprint density at radius 3 is 2.76 bits per heavy atom. The van der Waals surface area contributed by atoms with Crippen molar-refractivity contribution in [2.24, 2.45) is 11.3 Å². The van der Waals surface area contributed by atoms with Gasteiger partial charge in [0.05, 0.1) is 16.7 Å². The van der Waals surface area contributed by atoms with Gasteiger partial charge in [0.25, 0.3) is 0 Å². The molecule has 1 saturated heterocycles. The van der Waals surface area contributed by atoms with Gasteiger partial charge in [-0.2, -0.15) is 0 Å². The van der Waals surface area contributed by atoms with E-state index in [0.29, 0.717) is 23.2 Å². The summed E-state index contributed by atoms with van der Waals surface area (Å²) in [4.78, 5) is 12.5. The van der Waals surface area contributed by atoms with Gasteiger partial charge in [0, 0.05) is 25.0 Å². The van der Waals surface area contributed by atoms with Gasteiger partial charge in [0.1, 0.15) is 0 Å². The van der Waals surface area contributed by atoms with Crippen molar-refractivity contribution in [1.29, 1.82) is 0 Å². The number of carbonyl (C=O) groups is 1. The molecule has 1 saturated carbocycles. The standard InChI is InChI=1S/C18H24Cl2N2O2.ClH/c1-24-11-18(5-7-21-8-6-18)10-22-17(23)14-9-13(14)12-3-2-4-15(19)16(12)20;/h2-4,13-14,21H,5-11H2,1H3,(H,22,23);1H. The number of ether oxygens (including phenoxy) is 1. The van der Waals surface area contributed by atoms with Crippen LogP contribution in [0.15, 0.2) is 18.2 Å². The van der Waals surface area contributed by atoms with Gasteiger partial charge in [-0.05, 0) is 49.9 Å². The summed E-state index contributed by atoms with van der Waals surface area (Å²) in [6.07, 6.45) is 2.88. The summed E-state index contributed by atoms with van der Waals surface area (Å²) in [6.45, 7) is 3.31. The molecule has 0 bridgehead atoms. The van der Waals surface area contributed by atoms with Crippen molar-refractivity contribution in [3.8, 4) is 0 Å². The molecule has 2 N–H and O–H groups in total. The highest BCUT2D eigenvalue weighted by Crippen LogP contribution is 2.50. The van der Waals surface area contributed by atoms with Crippen LogP contribution < -0.4 is 10.6 Å². The minimum absolute atomic E-state index is 0. The Kier molecular flexibility index (Phi) is 7.41. The van der Waals surface area contributed by atoms with Gasteiger partial charge in [-0.25, -0.2) is 0 Å². The summed E-state index contributed by atoms with van der Waals surface area (Å²) in [7, 11) is 1.73. The monoisotopic (exact) mass is 406 g/mol. The van der Waals surface area contributed by atoms with E-state index in [1.54, 1.807) is 13.2 Å². The van der Waals surface area contributed by atoms with Crippen molar-refractivity contribution in [2.45, 2.75) is 25.2 Å². The van der Waals surface area contributed by atoms with Gasteiger partial charge in [-0.15, -0.1) is 12.4 Å². The molecule has 1 amide bonds. The van der Waals surface area contributed by atoms with Gasteiger partial charge in [-0.3, -0.25) is 4.79 Å². The van der Waals surface area contributed by atoms with E-state index in [1.807, 2.05) is 12.1 Å². The van der Waals surface area contributed by atoms with E-state index in [-0.39, 0.29) is 35.6 Å². The lowest BCUT2D eigenvalue weighted by Crippen LogP contribution is -2.47. The van der Waals surface area contributed by atoms with Crippen LogP contribution in [0.1, 0.15) is 30.7 Å². The number of carbonyl (C=O) groups excluding carboxylic acids is 1. The van der Waals surface area contributed by atoms with Crippen LogP contribution in [0.25, 0.3) is 0 Å². The van der Waals surface area contributed by atoms with Crippen molar-refractivity contribution in [2.75, 3.05) is 33.4 Å². The number of hydrogen-bond acceptors (Lipinski definition) is 3. The van der Waals surface area contributed by atoms with Gasteiger partial charge in [0.15, 0.2) is 0 Å². The molecule has 1 aliphatic carbocycles. The third kappa shape index (κ3) is 4.81. The fourth-order valence-corrected chi connectivity index (χ4v) is 4.12. The average Bonchev–Trinajstić information content (AvgIpc) is 3.37. The Bertz CT molecular complexity index is 600. The first-order valence-corrected chi connectivity index (χ1v) is 9.23. The summed E-state index contributed by atoms with van der Waals surface area (Å²) in [6, 6.07) is 5.63. The molecule has 2 unspecified atom stereocenters. The zero-order valence-corrected chi connectivity index (χ0v) is 16.6. The molecule has 1 aromatic rings. The predicted molar refractivity (Wildman–Crippen MR) is 104 cm³/mol. The topological polar surface area (TPSA) is 50.4 Å². The lowest BCUT2D eigenvalue weighted by atomic mass is 9.79. The smallest absolute Gasteiger partial charge is 0.223 e. The van der Waals surface area contributed by atoms with Crippen LogP contribution >= 0.6 is 35.6 Å². The van der Waals surface area contributed by atoms with Gasteiger partial charge in [-0.1, -0.05) is 35.3 Å². The number of rotatable bonds is 6. The van der Waals surface area contributed by atoms with Crippen molar-refractivity contribution in [3.05, 3.63) is 33.8 Å². The zero-order valence-electron chi connectivity index (χ0n) is 14.3. The lowest BCUT2D eigenvalue weighted by Gasteiger charge is -2.37. The number of nitrogens with one attached hydrogen (secondary N) is 2. The van der Waals surface area contributed by atoms with E-state index in [9.17, 15) is 4.79 Å². The summed E-state index contributed by atoms with van der Waals surface area (Å²) >= 11 is 12.3. The number of amides is 1. The van der Waals surface area contributed by atoms with Crippen molar-refractivity contribution >= 4 is 41.5 Å². The fraction of sp³-hybridized carbons (Fsp3) is 0.611. The van der Waals surface area contributed by atoms with Crippen LogP contribution in [-0.2, 0) is 9.53 Å². The van der Waals surface area contributed by atoms with Gasteiger partial charge >= 0.3 is 0 Å². The molecule has 4 nitrogen and oxygen atoms in total. The third-order valence-corrected chi connectivity index (χ3v) is 6.09. The third-order valence-electron chi connectivity index (χ3n) is 5.26. The van der Waals surface area contributed by atoms with Crippen LogP contribution in [0.5, 0.6) is 0 Å². The number of benzene rings is 1. The highest BCUT2D eigenvalue weighted by atomic mass is 35.5. The molecule has 0 spiro atoms. The van der Waals surface area contributed by atoms with Crippen LogP contribution in [0.2, 0.25) is 10.0 Å². The fourth-order valence-electron chi connectivity index (χ4n) is 3.68. The van der Waals surface area contributed by atoms with Crippen LogP contribution in [-0.4, -0.2) is 39.3 Å². The summed E-state index contributed by atoms with van der Waals surface area (Å²) < 4.78 is 5.40.